The van der Waals surface area contributed by atoms with Crippen LogP contribution in [0.15, 0.2) is 103 Å². The predicted molar refractivity (Wildman–Crippen MR) is 372 cm³/mol. The van der Waals surface area contributed by atoms with Gasteiger partial charge in [-0.15, -0.1) is 0 Å². The zero-order valence-corrected chi connectivity index (χ0v) is 57.1. The fourth-order valence-corrected chi connectivity index (χ4v) is 10.7. The van der Waals surface area contributed by atoms with Gasteiger partial charge >= 0.3 is 0 Å². The van der Waals surface area contributed by atoms with Crippen molar-refractivity contribution >= 4 is 47.1 Å². The number of aromatic amines is 1. The van der Waals surface area contributed by atoms with Gasteiger partial charge in [0.15, 0.2) is 11.6 Å². The monoisotopic (exact) mass is 1310 g/mol. The normalized spacial score (nSPS) is 10.9. The molecule has 0 saturated carbocycles. The van der Waals surface area contributed by atoms with Crippen molar-refractivity contribution in [3.63, 3.8) is 0 Å². The highest BCUT2D eigenvalue weighted by molar-refractivity contribution is 6.05. The molecular weight excluding hydrogens is 1200 g/mol. The van der Waals surface area contributed by atoms with Gasteiger partial charge in [0.2, 0.25) is 17.8 Å². The van der Waals surface area contributed by atoms with Crippen LogP contribution < -0.4 is 26.6 Å². The van der Waals surface area contributed by atoms with Gasteiger partial charge in [-0.3, -0.25) is 38.9 Å². The maximum absolute atomic E-state index is 12.4. The van der Waals surface area contributed by atoms with Crippen molar-refractivity contribution in [1.82, 2.24) is 36.4 Å². The summed E-state index contributed by atoms with van der Waals surface area (Å²) in [6.45, 7) is 17.3. The Bertz CT molecular complexity index is 3130. The minimum Gasteiger partial charge on any atom is -0.507 e. The lowest BCUT2D eigenvalue weighted by Gasteiger charge is -2.16. The highest BCUT2D eigenvalue weighted by Crippen LogP contribution is 2.32. The lowest BCUT2D eigenvalue weighted by atomic mass is 9.92. The van der Waals surface area contributed by atoms with E-state index in [4.69, 9.17) is 0 Å². The molecule has 1 heterocycles. The Hall–Kier alpha value is -9.07. The van der Waals surface area contributed by atoms with Gasteiger partial charge in [0.05, 0.1) is 36.4 Å². The van der Waals surface area contributed by atoms with Gasteiger partial charge in [0.1, 0.15) is 35.1 Å². The minimum atomic E-state index is -0.452. The number of aryl methyl sites for hydroxylation is 2. The number of nitrogens with one attached hydrogen (secondary N) is 6. The lowest BCUT2D eigenvalue weighted by molar-refractivity contribution is -0.123. The average Bonchev–Trinajstić information content (AvgIpc) is 1.08. The van der Waals surface area contributed by atoms with Crippen LogP contribution in [-0.4, -0.2) is 102 Å². The molecule has 516 valence electrons. The van der Waals surface area contributed by atoms with E-state index < -0.39 is 17.7 Å². The summed E-state index contributed by atoms with van der Waals surface area (Å²) in [7, 11) is 0. The number of unbranched alkanes of at least 4 members (excludes halogenated alkanes) is 8. The molecule has 0 unspecified atom stereocenters. The highest BCUT2D eigenvalue weighted by Gasteiger charge is 2.18. The number of phenolic OH excluding ortho intramolecular Hbond substituents is 5. The fourth-order valence-electron chi connectivity index (χ4n) is 10.7. The number of hydrogen-bond donors (Lipinski definition) is 11. The number of carbonyl (C=O) groups excluding carboxylic acids is 7. The molecule has 6 aromatic rings. The number of phenols is 5. The summed E-state index contributed by atoms with van der Waals surface area (Å²) in [5.41, 5.74) is 6.81. The van der Waals surface area contributed by atoms with Crippen molar-refractivity contribution in [3.05, 3.63) is 153 Å². The average molecular weight is 1310 g/mol. The topological polar surface area (TPSA) is 322 Å². The van der Waals surface area contributed by atoms with E-state index in [-0.39, 0.29) is 83.0 Å². The van der Waals surface area contributed by atoms with Crippen LogP contribution >= 0.6 is 0 Å². The maximum Gasteiger partial charge on any atom is 0.261 e. The molecule has 0 saturated heterocycles. The summed E-state index contributed by atoms with van der Waals surface area (Å²) in [6.07, 6.45) is 18.2. The molecule has 0 aliphatic rings. The molecule has 6 rings (SSSR count). The second-order valence-corrected chi connectivity index (χ2v) is 26.0. The van der Waals surface area contributed by atoms with Gasteiger partial charge in [-0.1, -0.05) is 161 Å². The number of nitrogens with zero attached hydrogens (tertiary/aromatic N) is 2. The van der Waals surface area contributed by atoms with E-state index in [2.05, 4.69) is 121 Å². The summed E-state index contributed by atoms with van der Waals surface area (Å²) in [6, 6.07) is 27.1. The Kier molecular flexibility index (Phi) is 35.5. The Morgan fingerprint density at radius 1 is 0.411 bits per heavy atom. The van der Waals surface area contributed by atoms with Gasteiger partial charge in [0, 0.05) is 25.7 Å². The molecule has 20 heteroatoms. The molecule has 0 fully saturated rings. The molecule has 20 nitrogen and oxygen atoms in total. The first-order valence-corrected chi connectivity index (χ1v) is 33.7. The molecule has 0 aliphatic heterocycles. The third kappa shape index (κ3) is 31.2. The first kappa shape index (κ1) is 78.4. The SMILES string of the molecule is CC(C)Cc1cc(CCCC(=O)NCNC(=O)CCCc2cc(CC(C)C)c(O)c(CC(C)C)c2)cc(CC(C)C)c1O.O=C(CCCCCCCCCCCC(=O)CNC(=O)c1ccccc1O)CNC(=O)c1ccccc1O.O=C(Nc1ncn[nH]1)c1ccccc1O. The first-order valence-electron chi connectivity index (χ1n) is 33.7. The van der Waals surface area contributed by atoms with Gasteiger partial charge in [-0.05, 0) is 158 Å². The number of anilines is 1. The van der Waals surface area contributed by atoms with Crippen molar-refractivity contribution in [2.45, 2.75) is 190 Å². The molecule has 95 heavy (non-hydrogen) atoms. The number of H-pyrrole nitrogens is 1. The van der Waals surface area contributed by atoms with Crippen LogP contribution in [-0.2, 0) is 57.7 Å². The van der Waals surface area contributed by atoms with Gasteiger partial charge in [-0.2, -0.15) is 10.1 Å². The number of benzene rings is 5. The number of para-hydroxylation sites is 3. The molecule has 11 N–H and O–H groups in total. The van der Waals surface area contributed by atoms with Crippen molar-refractivity contribution in [2.75, 3.05) is 25.1 Å². The third-order valence-electron chi connectivity index (χ3n) is 15.4. The summed E-state index contributed by atoms with van der Waals surface area (Å²) >= 11 is 0. The third-order valence-corrected chi connectivity index (χ3v) is 15.4. The second-order valence-electron chi connectivity index (χ2n) is 26.0. The van der Waals surface area contributed by atoms with Crippen molar-refractivity contribution < 1.29 is 59.1 Å². The number of aromatic hydroxyl groups is 5. The Labute approximate surface area is 561 Å². The smallest absolute Gasteiger partial charge is 0.261 e. The minimum absolute atomic E-state index is 0.0175. The zero-order chi connectivity index (χ0) is 69.7. The molecule has 5 amide bonds. The van der Waals surface area contributed by atoms with E-state index in [1.165, 1.54) is 42.7 Å². The van der Waals surface area contributed by atoms with Crippen LogP contribution in [0, 0.1) is 23.7 Å². The highest BCUT2D eigenvalue weighted by atomic mass is 16.3. The molecule has 0 aliphatic carbocycles. The number of hydrogen-bond acceptors (Lipinski definition) is 14. The van der Waals surface area contributed by atoms with Crippen LogP contribution in [0.1, 0.15) is 216 Å². The maximum atomic E-state index is 12.4. The molecule has 0 spiro atoms. The van der Waals surface area contributed by atoms with Crippen molar-refractivity contribution in [3.8, 4) is 28.7 Å². The summed E-state index contributed by atoms with van der Waals surface area (Å²) < 4.78 is 0. The van der Waals surface area contributed by atoms with E-state index >= 15 is 0 Å². The number of amides is 5. The number of carbonyl (C=O) groups is 7. The van der Waals surface area contributed by atoms with Gasteiger partial charge in [0.25, 0.3) is 17.7 Å². The van der Waals surface area contributed by atoms with Crippen LogP contribution in [0.4, 0.5) is 5.95 Å². The molecule has 1 aromatic heterocycles. The first-order chi connectivity index (χ1) is 45.4. The number of ketones is 2. The number of rotatable bonds is 38. The molecule has 0 bridgehead atoms. The Morgan fingerprint density at radius 3 is 1.05 bits per heavy atom. The number of Topliss-reactive ketones (excluding diaryl/α,β-unsaturated/α-hetero) is 2. The summed E-state index contributed by atoms with van der Waals surface area (Å²) in [5, 5.41) is 69.5. The zero-order valence-electron chi connectivity index (χ0n) is 57.1. The summed E-state index contributed by atoms with van der Waals surface area (Å²) in [4.78, 5) is 88.1. The Morgan fingerprint density at radius 2 is 0.737 bits per heavy atom. The largest absolute Gasteiger partial charge is 0.507 e. The number of aromatic nitrogens is 3. The molecule has 0 atom stereocenters. The lowest BCUT2D eigenvalue weighted by Crippen LogP contribution is -2.37. The standard InChI is InChI=1S/C37H58N2O4.C29H38N2O6.C9H8N4O2/c1-24(2)15-30-19-28(20-31(36(30)42)16-25(3)4)11-9-13-34(40)38-23-39-35(41)14-10-12-29-21-32(17-26(5)6)37(43)33(22-29)18-27(7)8;32-22(20-30-28(36)24-16-10-12-18-26(24)34)14-8-6-4-2-1-3-5-7-9-15-23(33)21-31-29(37)25-17-11-13-19-27(25)35;14-7-4-2-1-3-6(7)8(15)12-9-10-5-11-13-9/h19-22,24-27,42-43H,9-18,23H2,1-8H3,(H,38,40)(H,39,41);10-13,16-19,34-35H,1-9,14-15,20-21H2,(H,30,36)(H,31,37);1-5,14H,(H2,10,11,12,13,15). The van der Waals surface area contributed by atoms with Crippen LogP contribution in [0.2, 0.25) is 0 Å². The molecule has 5 aromatic carbocycles. The van der Waals surface area contributed by atoms with Crippen molar-refractivity contribution in [2.24, 2.45) is 23.7 Å². The summed E-state index contributed by atoms with van der Waals surface area (Å²) in [5.74, 6) is 1.07. The van der Waals surface area contributed by atoms with Crippen LogP contribution in [0.25, 0.3) is 0 Å². The van der Waals surface area contributed by atoms with E-state index in [1.807, 2.05) is 0 Å². The van der Waals surface area contributed by atoms with Crippen LogP contribution in [0.3, 0.4) is 0 Å². The molecular formula is C75H104N8O12. The molecule has 0 radical (unpaired) electrons. The second kappa shape index (κ2) is 43.0. The predicted octanol–water partition coefficient (Wildman–Crippen LogP) is 12.9. The van der Waals surface area contributed by atoms with Crippen LogP contribution in [0.5, 0.6) is 28.7 Å². The van der Waals surface area contributed by atoms with Gasteiger partial charge in [-0.25, -0.2) is 5.10 Å². The van der Waals surface area contributed by atoms with E-state index in [0.29, 0.717) is 73.7 Å². The fraction of sp³-hybridized carbons (Fsp3) is 0.480. The van der Waals surface area contributed by atoms with E-state index in [0.717, 1.165) is 130 Å². The van der Waals surface area contributed by atoms with E-state index in [9.17, 15) is 59.1 Å². The van der Waals surface area contributed by atoms with E-state index in [1.54, 1.807) is 36.4 Å². The van der Waals surface area contributed by atoms with Gasteiger partial charge < -0.3 is 46.8 Å². The quantitative estimate of drug-likeness (QED) is 0.0127. The van der Waals surface area contributed by atoms with Crippen molar-refractivity contribution in [1.29, 1.82) is 0 Å². The Balaban J connectivity index is 0.000000333.